The zero-order valence-electron chi connectivity index (χ0n) is 7.94. The van der Waals surface area contributed by atoms with Crippen molar-refractivity contribution in [1.82, 2.24) is 4.31 Å². The highest BCUT2D eigenvalue weighted by molar-refractivity contribution is 9.10. The lowest BCUT2D eigenvalue weighted by atomic mass is 10.2. The second kappa shape index (κ2) is 6.40. The number of nitrogens with zero attached hydrogens (tertiary/aromatic N) is 1. The molecule has 0 radical (unpaired) electrons. The second-order valence-electron chi connectivity index (χ2n) is 2.71. The van der Waals surface area contributed by atoms with E-state index in [4.69, 9.17) is 0 Å². The van der Waals surface area contributed by atoms with Crippen LogP contribution in [0.1, 0.15) is 5.56 Å². The van der Waals surface area contributed by atoms with Crippen LogP contribution in [-0.2, 0) is 5.75 Å². The maximum Gasteiger partial charge on any atom is 0.410 e. The van der Waals surface area contributed by atoms with E-state index in [9.17, 15) is 9.18 Å². The Hall–Kier alpha value is -0.200. The van der Waals surface area contributed by atoms with E-state index in [0.29, 0.717) is 0 Å². The van der Waals surface area contributed by atoms with Crippen molar-refractivity contribution in [3.05, 3.63) is 34.3 Å². The van der Waals surface area contributed by atoms with Gasteiger partial charge in [0, 0.05) is 28.3 Å². The molecule has 0 fully saturated rings. The van der Waals surface area contributed by atoms with Gasteiger partial charge in [-0.25, -0.2) is 4.79 Å². The van der Waals surface area contributed by atoms with Gasteiger partial charge < -0.3 is 0 Å². The molecule has 0 aromatic heterocycles. The van der Waals surface area contributed by atoms with Crippen molar-refractivity contribution in [2.75, 3.05) is 7.05 Å². The maximum atomic E-state index is 12.1. The molecule has 0 bridgehead atoms. The maximum absolute atomic E-state index is 12.1. The SMILES string of the molecule is CN(SSCc1ccc(Br)cc1)C(=O)F. The van der Waals surface area contributed by atoms with Gasteiger partial charge in [-0.2, -0.15) is 0 Å². The van der Waals surface area contributed by atoms with Crippen molar-refractivity contribution >= 4 is 43.9 Å². The number of hydrogen-bond acceptors (Lipinski definition) is 3. The molecule has 6 heteroatoms. The lowest BCUT2D eigenvalue weighted by Gasteiger charge is -2.08. The summed E-state index contributed by atoms with van der Waals surface area (Å²) in [6, 6.07) is 7.86. The Morgan fingerprint density at radius 1 is 1.47 bits per heavy atom. The quantitative estimate of drug-likeness (QED) is 0.358. The second-order valence-corrected chi connectivity index (χ2v) is 6.00. The van der Waals surface area contributed by atoms with Crippen LogP contribution in [0.3, 0.4) is 0 Å². The van der Waals surface area contributed by atoms with Crippen LogP contribution in [0.4, 0.5) is 9.18 Å². The number of rotatable bonds is 4. The first-order valence-electron chi connectivity index (χ1n) is 4.07. The number of halogens is 2. The molecule has 0 atom stereocenters. The van der Waals surface area contributed by atoms with E-state index in [-0.39, 0.29) is 0 Å². The molecule has 2 nitrogen and oxygen atoms in total. The summed E-state index contributed by atoms with van der Waals surface area (Å²) in [5.74, 6) is 0.732. The van der Waals surface area contributed by atoms with Gasteiger partial charge in [0.05, 0.1) is 0 Å². The van der Waals surface area contributed by atoms with Crippen molar-refractivity contribution in [3.63, 3.8) is 0 Å². The average Bonchev–Trinajstić information content (AvgIpc) is 2.20. The topological polar surface area (TPSA) is 20.3 Å². The van der Waals surface area contributed by atoms with Gasteiger partial charge in [0.15, 0.2) is 0 Å². The number of benzene rings is 1. The molecule has 0 saturated heterocycles. The smallest absolute Gasteiger partial charge is 0.252 e. The third-order valence-electron chi connectivity index (χ3n) is 1.55. The Bertz CT molecular complexity index is 333. The Labute approximate surface area is 104 Å². The Morgan fingerprint density at radius 3 is 2.60 bits per heavy atom. The standard InChI is InChI=1S/C9H9BrFNOS2/c1-12(9(11)13)15-14-6-7-2-4-8(10)5-3-7/h2-5H,6H2,1H3. The summed E-state index contributed by atoms with van der Waals surface area (Å²) < 4.78 is 14.1. The highest BCUT2D eigenvalue weighted by Gasteiger charge is 2.06. The van der Waals surface area contributed by atoms with Crippen LogP contribution in [0.25, 0.3) is 0 Å². The average molecular weight is 310 g/mol. The van der Waals surface area contributed by atoms with Crippen LogP contribution in [0.5, 0.6) is 0 Å². The minimum absolute atomic E-state index is 0.732. The van der Waals surface area contributed by atoms with E-state index < -0.39 is 6.16 Å². The highest BCUT2D eigenvalue weighted by atomic mass is 79.9. The minimum Gasteiger partial charge on any atom is -0.252 e. The molecular weight excluding hydrogens is 301 g/mol. The zero-order valence-corrected chi connectivity index (χ0v) is 11.2. The summed E-state index contributed by atoms with van der Waals surface area (Å²) >= 11 is 3.34. The van der Waals surface area contributed by atoms with Gasteiger partial charge >= 0.3 is 6.16 Å². The van der Waals surface area contributed by atoms with Crippen LogP contribution in [0, 0.1) is 0 Å². The minimum atomic E-state index is -1.43. The molecule has 1 rings (SSSR count). The number of carbonyl (C=O) groups is 1. The molecule has 0 spiro atoms. The van der Waals surface area contributed by atoms with Gasteiger partial charge in [0.2, 0.25) is 0 Å². The van der Waals surface area contributed by atoms with E-state index in [2.05, 4.69) is 15.9 Å². The molecular formula is C9H9BrFNOS2. The van der Waals surface area contributed by atoms with Crippen molar-refractivity contribution in [2.24, 2.45) is 0 Å². The summed E-state index contributed by atoms with van der Waals surface area (Å²) in [5.41, 5.74) is 1.13. The molecule has 1 aromatic rings. The third kappa shape index (κ3) is 4.90. The largest absolute Gasteiger partial charge is 0.410 e. The van der Waals surface area contributed by atoms with Crippen molar-refractivity contribution in [1.29, 1.82) is 0 Å². The van der Waals surface area contributed by atoms with Gasteiger partial charge in [0.1, 0.15) is 0 Å². The molecule has 0 unspecified atom stereocenters. The zero-order chi connectivity index (χ0) is 11.3. The predicted molar refractivity (Wildman–Crippen MR) is 67.3 cm³/mol. The highest BCUT2D eigenvalue weighted by Crippen LogP contribution is 2.29. The molecule has 1 aromatic carbocycles. The molecule has 0 heterocycles. The summed E-state index contributed by atoms with van der Waals surface area (Å²) in [7, 11) is 3.92. The van der Waals surface area contributed by atoms with Gasteiger partial charge in [-0.1, -0.05) is 38.9 Å². The van der Waals surface area contributed by atoms with Gasteiger partial charge in [0.25, 0.3) is 0 Å². The summed E-state index contributed by atoms with van der Waals surface area (Å²) in [6.45, 7) is 0. The molecule has 0 aliphatic heterocycles. The summed E-state index contributed by atoms with van der Waals surface area (Å²) in [6.07, 6.45) is -1.43. The van der Waals surface area contributed by atoms with E-state index in [1.54, 1.807) is 0 Å². The van der Waals surface area contributed by atoms with E-state index >= 15 is 0 Å². The van der Waals surface area contributed by atoms with Gasteiger partial charge in [-0.15, -0.1) is 4.39 Å². The Balaban J connectivity index is 2.32. The molecule has 15 heavy (non-hydrogen) atoms. The molecule has 0 N–H and O–H groups in total. The predicted octanol–water partition coefficient (Wildman–Crippen LogP) is 4.27. The van der Waals surface area contributed by atoms with Crippen LogP contribution in [-0.4, -0.2) is 17.5 Å². The first-order chi connectivity index (χ1) is 7.09. The van der Waals surface area contributed by atoms with Crippen molar-refractivity contribution < 1.29 is 9.18 Å². The molecule has 0 saturated carbocycles. The summed E-state index contributed by atoms with van der Waals surface area (Å²) in [5, 5.41) is 0. The molecule has 82 valence electrons. The molecule has 1 amide bonds. The molecule has 0 aliphatic rings. The van der Waals surface area contributed by atoms with E-state index in [0.717, 1.165) is 31.1 Å². The number of hydrogen-bond donors (Lipinski definition) is 0. The number of carbonyl (C=O) groups excluding carboxylic acids is 1. The van der Waals surface area contributed by atoms with Crippen LogP contribution < -0.4 is 0 Å². The third-order valence-corrected chi connectivity index (χ3v) is 4.34. The van der Waals surface area contributed by atoms with Crippen molar-refractivity contribution in [3.8, 4) is 0 Å². The van der Waals surface area contributed by atoms with Crippen LogP contribution >= 0.6 is 37.7 Å². The Morgan fingerprint density at radius 2 is 2.07 bits per heavy atom. The van der Waals surface area contributed by atoms with Gasteiger partial charge in [-0.05, 0) is 17.7 Å². The van der Waals surface area contributed by atoms with Crippen LogP contribution in [0.15, 0.2) is 28.7 Å². The Kier molecular flexibility index (Phi) is 5.49. The van der Waals surface area contributed by atoms with E-state index in [1.165, 1.54) is 17.8 Å². The first-order valence-corrected chi connectivity index (χ1v) is 7.13. The van der Waals surface area contributed by atoms with Crippen molar-refractivity contribution in [2.45, 2.75) is 5.75 Å². The lowest BCUT2D eigenvalue weighted by Crippen LogP contribution is -2.10. The number of amides is 1. The summed E-state index contributed by atoms with van der Waals surface area (Å²) in [4.78, 5) is 10.2. The fraction of sp³-hybridized carbons (Fsp3) is 0.222. The monoisotopic (exact) mass is 309 g/mol. The van der Waals surface area contributed by atoms with E-state index in [1.807, 2.05) is 24.3 Å². The first kappa shape index (κ1) is 12.9. The van der Waals surface area contributed by atoms with Gasteiger partial charge in [-0.3, -0.25) is 4.31 Å². The fourth-order valence-electron chi connectivity index (χ4n) is 0.783. The normalized spacial score (nSPS) is 10.1. The molecule has 0 aliphatic carbocycles. The lowest BCUT2D eigenvalue weighted by molar-refractivity contribution is 0.210. The fourth-order valence-corrected chi connectivity index (χ4v) is 2.86. The van der Waals surface area contributed by atoms with Crippen LogP contribution in [0.2, 0.25) is 0 Å².